The van der Waals surface area contributed by atoms with Crippen LogP contribution in [0.1, 0.15) is 22.7 Å². The minimum Gasteiger partial charge on any atom is -0.316 e. The van der Waals surface area contributed by atoms with Crippen molar-refractivity contribution >= 4 is 15.9 Å². The highest BCUT2D eigenvalue weighted by Gasteiger charge is 2.38. The molecule has 84 valence electrons. The molecule has 0 saturated heterocycles. The first-order valence-electron chi connectivity index (χ1n) is 4.32. The van der Waals surface area contributed by atoms with Gasteiger partial charge in [0.05, 0.1) is 0 Å². The second-order valence-electron chi connectivity index (χ2n) is 3.48. The van der Waals surface area contributed by atoms with E-state index in [1.165, 1.54) is 6.07 Å². The summed E-state index contributed by atoms with van der Waals surface area (Å²) in [6.07, 6.45) is -4.40. The van der Waals surface area contributed by atoms with Gasteiger partial charge in [0.2, 0.25) is 0 Å². The highest BCUT2D eigenvalue weighted by atomic mass is 79.9. The Hall–Kier alpha value is -0.550. The highest BCUT2D eigenvalue weighted by molar-refractivity contribution is 9.10. The Balaban J connectivity index is 3.21. The quantitative estimate of drug-likeness (QED) is 0.836. The fraction of sp³-hybridized carbons (Fsp3) is 0.400. The van der Waals surface area contributed by atoms with Crippen molar-refractivity contribution in [1.29, 1.82) is 0 Å². The van der Waals surface area contributed by atoms with Crippen LogP contribution >= 0.6 is 15.9 Å². The molecule has 1 aromatic carbocycles. The van der Waals surface area contributed by atoms with Gasteiger partial charge in [-0.2, -0.15) is 13.2 Å². The summed E-state index contributed by atoms with van der Waals surface area (Å²) in [4.78, 5) is 0. The number of halogens is 4. The fourth-order valence-electron chi connectivity index (χ4n) is 1.31. The van der Waals surface area contributed by atoms with Crippen LogP contribution in [0.2, 0.25) is 0 Å². The molecule has 0 aliphatic rings. The molecular weight excluding hydrogens is 271 g/mol. The van der Waals surface area contributed by atoms with E-state index in [1.54, 1.807) is 19.9 Å². The minimum absolute atomic E-state index is 0.128. The van der Waals surface area contributed by atoms with Gasteiger partial charge in [0.1, 0.15) is 6.04 Å². The van der Waals surface area contributed by atoms with Gasteiger partial charge in [-0.3, -0.25) is 0 Å². The van der Waals surface area contributed by atoms with Crippen LogP contribution < -0.4 is 5.73 Å². The lowest BCUT2D eigenvalue weighted by Crippen LogP contribution is -2.29. The van der Waals surface area contributed by atoms with Crippen LogP contribution in [0.4, 0.5) is 13.2 Å². The molecule has 0 aliphatic heterocycles. The van der Waals surface area contributed by atoms with Crippen LogP contribution in [-0.2, 0) is 0 Å². The van der Waals surface area contributed by atoms with Crippen molar-refractivity contribution in [2.45, 2.75) is 26.1 Å². The van der Waals surface area contributed by atoms with E-state index in [0.29, 0.717) is 5.56 Å². The normalized spacial score (nSPS) is 14.1. The van der Waals surface area contributed by atoms with Gasteiger partial charge in [0.15, 0.2) is 0 Å². The average Bonchev–Trinajstić information content (AvgIpc) is 2.08. The van der Waals surface area contributed by atoms with Gasteiger partial charge in [0, 0.05) is 4.47 Å². The first kappa shape index (κ1) is 12.5. The van der Waals surface area contributed by atoms with Crippen LogP contribution in [0.5, 0.6) is 0 Å². The van der Waals surface area contributed by atoms with Gasteiger partial charge in [0.25, 0.3) is 0 Å². The number of nitrogens with two attached hydrogens (primary N) is 1. The minimum atomic E-state index is -4.40. The van der Waals surface area contributed by atoms with Gasteiger partial charge in [-0.15, -0.1) is 0 Å². The molecule has 0 spiro atoms. The summed E-state index contributed by atoms with van der Waals surface area (Å²) < 4.78 is 38.0. The van der Waals surface area contributed by atoms with Gasteiger partial charge < -0.3 is 5.73 Å². The Morgan fingerprint density at radius 3 is 2.20 bits per heavy atom. The van der Waals surface area contributed by atoms with Gasteiger partial charge in [-0.25, -0.2) is 0 Å². The molecule has 0 amide bonds. The van der Waals surface area contributed by atoms with Crippen molar-refractivity contribution in [2.24, 2.45) is 5.73 Å². The third kappa shape index (κ3) is 2.72. The second kappa shape index (κ2) is 4.14. The topological polar surface area (TPSA) is 26.0 Å². The summed E-state index contributed by atoms with van der Waals surface area (Å²) in [5, 5.41) is 0. The molecule has 0 bridgehead atoms. The number of benzene rings is 1. The van der Waals surface area contributed by atoms with E-state index in [2.05, 4.69) is 15.9 Å². The zero-order valence-electron chi connectivity index (χ0n) is 8.32. The highest BCUT2D eigenvalue weighted by Crippen LogP contribution is 2.34. The molecule has 1 atom stereocenters. The van der Waals surface area contributed by atoms with Gasteiger partial charge >= 0.3 is 6.18 Å². The number of rotatable bonds is 1. The summed E-state index contributed by atoms with van der Waals surface area (Å²) >= 11 is 3.26. The monoisotopic (exact) mass is 281 g/mol. The first-order chi connectivity index (χ1) is 6.73. The maximum atomic E-state index is 12.4. The van der Waals surface area contributed by atoms with E-state index >= 15 is 0 Å². The van der Waals surface area contributed by atoms with E-state index in [4.69, 9.17) is 5.73 Å². The lowest BCUT2D eigenvalue weighted by atomic mass is 9.99. The molecule has 0 saturated carbocycles. The van der Waals surface area contributed by atoms with Crippen molar-refractivity contribution in [3.05, 3.63) is 33.3 Å². The van der Waals surface area contributed by atoms with Crippen molar-refractivity contribution < 1.29 is 13.2 Å². The fourth-order valence-corrected chi connectivity index (χ4v) is 1.77. The van der Waals surface area contributed by atoms with Crippen molar-refractivity contribution in [3.8, 4) is 0 Å². The maximum absolute atomic E-state index is 12.4. The Morgan fingerprint density at radius 2 is 1.73 bits per heavy atom. The zero-order valence-corrected chi connectivity index (χ0v) is 9.91. The van der Waals surface area contributed by atoms with Crippen LogP contribution in [0.3, 0.4) is 0 Å². The first-order valence-corrected chi connectivity index (χ1v) is 5.11. The lowest BCUT2D eigenvalue weighted by Gasteiger charge is -2.19. The molecule has 1 aromatic rings. The molecule has 0 aromatic heterocycles. The van der Waals surface area contributed by atoms with Gasteiger partial charge in [-0.1, -0.05) is 22.0 Å². The maximum Gasteiger partial charge on any atom is 0.407 e. The third-order valence-corrected chi connectivity index (χ3v) is 3.09. The van der Waals surface area contributed by atoms with Crippen LogP contribution in [0, 0.1) is 13.8 Å². The van der Waals surface area contributed by atoms with Crippen LogP contribution in [-0.4, -0.2) is 6.18 Å². The Morgan fingerprint density at radius 1 is 1.20 bits per heavy atom. The Kier molecular flexibility index (Phi) is 3.45. The lowest BCUT2D eigenvalue weighted by molar-refractivity contribution is -0.149. The third-order valence-electron chi connectivity index (χ3n) is 2.24. The van der Waals surface area contributed by atoms with E-state index in [0.717, 1.165) is 10.0 Å². The summed E-state index contributed by atoms with van der Waals surface area (Å²) in [6, 6.07) is 1.21. The molecular formula is C10H11BrF3N. The molecule has 0 aliphatic carbocycles. The van der Waals surface area contributed by atoms with Crippen molar-refractivity contribution in [1.82, 2.24) is 0 Å². The second-order valence-corrected chi connectivity index (χ2v) is 4.33. The van der Waals surface area contributed by atoms with E-state index in [-0.39, 0.29) is 5.56 Å². The standard InChI is InChI=1S/C10H11BrF3N/c1-5-4-8(11)6(2)3-7(5)9(15)10(12,13)14/h3-4,9H,15H2,1-2H3. The predicted octanol–water partition coefficient (Wildman–Crippen LogP) is 3.63. The molecule has 15 heavy (non-hydrogen) atoms. The molecule has 0 fully saturated rings. The molecule has 1 rings (SSSR count). The Bertz CT molecular complexity index is 374. The number of alkyl halides is 3. The molecule has 2 N–H and O–H groups in total. The average molecular weight is 282 g/mol. The smallest absolute Gasteiger partial charge is 0.316 e. The van der Waals surface area contributed by atoms with E-state index in [9.17, 15) is 13.2 Å². The van der Waals surface area contributed by atoms with Crippen molar-refractivity contribution in [3.63, 3.8) is 0 Å². The summed E-state index contributed by atoms with van der Waals surface area (Å²) in [6.45, 7) is 3.35. The largest absolute Gasteiger partial charge is 0.407 e. The summed E-state index contributed by atoms with van der Waals surface area (Å²) in [5.74, 6) is 0. The molecule has 5 heteroatoms. The predicted molar refractivity (Wildman–Crippen MR) is 56.6 cm³/mol. The van der Waals surface area contributed by atoms with Gasteiger partial charge in [-0.05, 0) is 36.6 Å². The molecule has 1 nitrogen and oxygen atoms in total. The zero-order chi connectivity index (χ0) is 11.8. The number of hydrogen-bond acceptors (Lipinski definition) is 1. The van der Waals surface area contributed by atoms with Crippen LogP contribution in [0.15, 0.2) is 16.6 Å². The molecule has 0 heterocycles. The van der Waals surface area contributed by atoms with Crippen molar-refractivity contribution in [2.75, 3.05) is 0 Å². The molecule has 0 radical (unpaired) electrons. The van der Waals surface area contributed by atoms with E-state index in [1.807, 2.05) is 0 Å². The summed E-state index contributed by atoms with van der Waals surface area (Å²) in [5.41, 5.74) is 6.56. The SMILES string of the molecule is Cc1cc(C(N)C(F)(F)F)c(C)cc1Br. The summed E-state index contributed by atoms with van der Waals surface area (Å²) in [7, 11) is 0. The van der Waals surface area contributed by atoms with Crippen LogP contribution in [0.25, 0.3) is 0 Å². The number of aryl methyl sites for hydroxylation is 2. The molecule has 1 unspecified atom stereocenters. The van der Waals surface area contributed by atoms with E-state index < -0.39 is 12.2 Å². The Labute approximate surface area is 94.6 Å². The number of hydrogen-bond donors (Lipinski definition) is 1.